The predicted molar refractivity (Wildman–Crippen MR) is 166 cm³/mol. The summed E-state index contributed by atoms with van der Waals surface area (Å²) < 4.78 is 4.67. The van der Waals surface area contributed by atoms with Crippen LogP contribution in [0, 0.1) is 0 Å². The van der Waals surface area contributed by atoms with Crippen molar-refractivity contribution in [1.29, 1.82) is 0 Å². The highest BCUT2D eigenvalue weighted by Crippen LogP contribution is 2.40. The average molecular weight is 513 g/mol. The summed E-state index contributed by atoms with van der Waals surface area (Å²) in [7, 11) is 0. The molecule has 0 aliphatic heterocycles. The molecule has 4 nitrogen and oxygen atoms in total. The molecule has 4 heteroatoms. The van der Waals surface area contributed by atoms with Gasteiger partial charge >= 0.3 is 0 Å². The lowest BCUT2D eigenvalue weighted by Gasteiger charge is -2.12. The molecule has 4 heterocycles. The molecule has 188 valence electrons. The molecule has 0 N–H and O–H groups in total. The van der Waals surface area contributed by atoms with Gasteiger partial charge in [0.15, 0.2) is 0 Å². The SMILES string of the molecule is C1=Cc2c(c3cc4c5ccccc5n(-c5ccc6ccccc6n5)c4cc3n2-c2ccc3ccccc3n2)CC1. The van der Waals surface area contributed by atoms with Gasteiger partial charge in [0, 0.05) is 26.9 Å². The number of fused-ring (bicyclic) bond motifs is 8. The van der Waals surface area contributed by atoms with Crippen molar-refractivity contribution < 1.29 is 0 Å². The van der Waals surface area contributed by atoms with Crippen LogP contribution in [0.2, 0.25) is 0 Å². The number of aromatic nitrogens is 4. The van der Waals surface area contributed by atoms with Crippen molar-refractivity contribution in [2.75, 3.05) is 0 Å². The van der Waals surface area contributed by atoms with Crippen molar-refractivity contribution in [3.05, 3.63) is 127 Å². The van der Waals surface area contributed by atoms with E-state index in [-0.39, 0.29) is 0 Å². The summed E-state index contributed by atoms with van der Waals surface area (Å²) in [4.78, 5) is 10.2. The minimum Gasteiger partial charge on any atom is -0.294 e. The van der Waals surface area contributed by atoms with E-state index in [1.165, 1.54) is 32.9 Å². The summed E-state index contributed by atoms with van der Waals surface area (Å²) in [5.74, 6) is 1.87. The largest absolute Gasteiger partial charge is 0.294 e. The van der Waals surface area contributed by atoms with Crippen molar-refractivity contribution in [3.63, 3.8) is 0 Å². The zero-order valence-corrected chi connectivity index (χ0v) is 21.8. The second kappa shape index (κ2) is 8.14. The first-order valence-corrected chi connectivity index (χ1v) is 13.8. The van der Waals surface area contributed by atoms with Crippen LogP contribution >= 0.6 is 0 Å². The molecular formula is C36H24N4. The van der Waals surface area contributed by atoms with Crippen LogP contribution in [0.15, 0.2) is 115 Å². The van der Waals surface area contributed by atoms with E-state index < -0.39 is 0 Å². The molecule has 4 aromatic heterocycles. The van der Waals surface area contributed by atoms with Crippen LogP contribution in [0.25, 0.3) is 72.2 Å². The number of para-hydroxylation sites is 3. The molecular weight excluding hydrogens is 488 g/mol. The highest BCUT2D eigenvalue weighted by atomic mass is 15.1. The molecule has 0 bridgehead atoms. The second-order valence-corrected chi connectivity index (χ2v) is 10.6. The van der Waals surface area contributed by atoms with Gasteiger partial charge in [-0.1, -0.05) is 60.7 Å². The lowest BCUT2D eigenvalue weighted by atomic mass is 10.00. The van der Waals surface area contributed by atoms with Crippen LogP contribution in [0.1, 0.15) is 17.7 Å². The lowest BCUT2D eigenvalue weighted by Crippen LogP contribution is -2.02. The number of aryl methyl sites for hydroxylation is 1. The summed E-state index contributed by atoms with van der Waals surface area (Å²) in [5, 5.41) is 6.09. The van der Waals surface area contributed by atoms with Crippen LogP contribution in [0.4, 0.5) is 0 Å². The van der Waals surface area contributed by atoms with Crippen LogP contribution in [-0.2, 0) is 6.42 Å². The normalized spacial score (nSPS) is 13.2. The maximum atomic E-state index is 5.12. The van der Waals surface area contributed by atoms with Gasteiger partial charge in [0.2, 0.25) is 0 Å². The van der Waals surface area contributed by atoms with Crippen LogP contribution in [0.5, 0.6) is 0 Å². The van der Waals surface area contributed by atoms with Crippen LogP contribution in [0.3, 0.4) is 0 Å². The van der Waals surface area contributed by atoms with Gasteiger partial charge in [-0.2, -0.15) is 0 Å². The molecule has 0 unspecified atom stereocenters. The van der Waals surface area contributed by atoms with Crippen molar-refractivity contribution >= 4 is 60.6 Å². The summed E-state index contributed by atoms with van der Waals surface area (Å²) in [6.45, 7) is 0. The molecule has 0 radical (unpaired) electrons. The molecule has 9 rings (SSSR count). The van der Waals surface area contributed by atoms with E-state index in [1.807, 2.05) is 0 Å². The summed E-state index contributed by atoms with van der Waals surface area (Å²) in [6, 6.07) is 38.7. The molecule has 0 saturated carbocycles. The monoisotopic (exact) mass is 512 g/mol. The van der Waals surface area contributed by atoms with E-state index in [1.54, 1.807) is 0 Å². The molecule has 0 spiro atoms. The number of benzene rings is 4. The first-order chi connectivity index (χ1) is 19.8. The van der Waals surface area contributed by atoms with E-state index in [0.29, 0.717) is 0 Å². The van der Waals surface area contributed by atoms with Gasteiger partial charge in [-0.05, 0) is 79.1 Å². The zero-order chi connectivity index (χ0) is 26.2. The molecule has 0 fully saturated rings. The topological polar surface area (TPSA) is 35.6 Å². The lowest BCUT2D eigenvalue weighted by molar-refractivity contribution is 0.956. The number of nitrogens with zero attached hydrogens (tertiary/aromatic N) is 4. The van der Waals surface area contributed by atoms with Crippen molar-refractivity contribution in [2.45, 2.75) is 12.8 Å². The Morgan fingerprint density at radius 1 is 0.525 bits per heavy atom. The van der Waals surface area contributed by atoms with E-state index in [0.717, 1.165) is 57.3 Å². The van der Waals surface area contributed by atoms with Gasteiger partial charge < -0.3 is 0 Å². The fraction of sp³-hybridized carbons (Fsp3) is 0.0556. The molecule has 0 amide bonds. The molecule has 8 aromatic rings. The number of allylic oxidation sites excluding steroid dienone is 1. The van der Waals surface area contributed by atoms with Gasteiger partial charge in [-0.3, -0.25) is 9.13 Å². The van der Waals surface area contributed by atoms with Gasteiger partial charge in [-0.25, -0.2) is 9.97 Å². The minimum absolute atomic E-state index is 0.927. The van der Waals surface area contributed by atoms with Gasteiger partial charge in [0.1, 0.15) is 11.6 Å². The van der Waals surface area contributed by atoms with Crippen LogP contribution < -0.4 is 0 Å². The standard InChI is InChI=1S/C36H24N4/c1-5-13-29-23(9-1)17-19-35(37-29)39-31-15-7-3-11-25(31)27-21-28-26-12-4-8-16-32(26)40(34(28)22-33(27)39)36-20-18-24-10-2-6-14-30(24)38-36/h1-3,5-11,13-22H,4,12H2. The summed E-state index contributed by atoms with van der Waals surface area (Å²) >= 11 is 0. The molecule has 0 atom stereocenters. The third kappa shape index (κ3) is 3.02. The Morgan fingerprint density at radius 2 is 1.18 bits per heavy atom. The first kappa shape index (κ1) is 21.7. The molecule has 1 aliphatic rings. The Kier molecular flexibility index (Phi) is 4.41. The van der Waals surface area contributed by atoms with E-state index in [9.17, 15) is 0 Å². The maximum Gasteiger partial charge on any atom is 0.138 e. The Bertz CT molecular complexity index is 2330. The zero-order valence-electron chi connectivity index (χ0n) is 21.8. The van der Waals surface area contributed by atoms with Gasteiger partial charge in [0.25, 0.3) is 0 Å². The quantitative estimate of drug-likeness (QED) is 0.232. The number of hydrogen-bond donors (Lipinski definition) is 0. The fourth-order valence-electron chi connectivity index (χ4n) is 6.55. The first-order valence-electron chi connectivity index (χ1n) is 13.8. The second-order valence-electron chi connectivity index (χ2n) is 10.6. The third-order valence-corrected chi connectivity index (χ3v) is 8.37. The number of rotatable bonds is 2. The number of hydrogen-bond acceptors (Lipinski definition) is 2. The van der Waals surface area contributed by atoms with Gasteiger partial charge in [-0.15, -0.1) is 0 Å². The fourth-order valence-corrected chi connectivity index (χ4v) is 6.55. The van der Waals surface area contributed by atoms with Crippen molar-refractivity contribution in [1.82, 2.24) is 19.1 Å². The Hall–Kier alpha value is -5.22. The molecule has 40 heavy (non-hydrogen) atoms. The Balaban J connectivity index is 1.41. The smallest absolute Gasteiger partial charge is 0.138 e. The molecule has 4 aromatic carbocycles. The Labute approximate surface area is 230 Å². The Morgan fingerprint density at radius 3 is 1.95 bits per heavy atom. The average Bonchev–Trinajstić information content (AvgIpc) is 3.51. The highest BCUT2D eigenvalue weighted by molar-refractivity contribution is 6.14. The molecule has 1 aliphatic carbocycles. The summed E-state index contributed by atoms with van der Waals surface area (Å²) in [6.07, 6.45) is 6.64. The predicted octanol–water partition coefficient (Wildman–Crippen LogP) is 8.78. The maximum absolute atomic E-state index is 5.12. The van der Waals surface area contributed by atoms with E-state index in [4.69, 9.17) is 9.97 Å². The minimum atomic E-state index is 0.927. The molecule has 0 saturated heterocycles. The highest BCUT2D eigenvalue weighted by Gasteiger charge is 2.22. The van der Waals surface area contributed by atoms with E-state index in [2.05, 4.69) is 130 Å². The van der Waals surface area contributed by atoms with Crippen molar-refractivity contribution in [3.8, 4) is 11.6 Å². The van der Waals surface area contributed by atoms with Crippen LogP contribution in [-0.4, -0.2) is 19.1 Å². The van der Waals surface area contributed by atoms with Gasteiger partial charge in [0.05, 0.1) is 33.3 Å². The number of pyridine rings is 2. The van der Waals surface area contributed by atoms with E-state index >= 15 is 0 Å². The summed E-state index contributed by atoms with van der Waals surface area (Å²) in [5.41, 5.74) is 8.12. The van der Waals surface area contributed by atoms with Crippen molar-refractivity contribution in [2.24, 2.45) is 0 Å². The third-order valence-electron chi connectivity index (χ3n) is 8.37.